The maximum atomic E-state index is 13.8. The van der Waals surface area contributed by atoms with Crippen molar-refractivity contribution in [1.29, 1.82) is 0 Å². The predicted molar refractivity (Wildman–Crippen MR) is 70.0 cm³/mol. The minimum absolute atomic E-state index is 0.167. The molecule has 0 atom stereocenters. The molecule has 1 aliphatic rings. The van der Waals surface area contributed by atoms with Crippen molar-refractivity contribution < 1.29 is 8.78 Å². The largest absolute Gasteiger partial charge is 0.369 e. The van der Waals surface area contributed by atoms with Crippen LogP contribution in [0.1, 0.15) is 18.4 Å². The Morgan fingerprint density at radius 3 is 2.53 bits per heavy atom. The van der Waals surface area contributed by atoms with Crippen molar-refractivity contribution in [3.63, 3.8) is 0 Å². The van der Waals surface area contributed by atoms with Crippen LogP contribution >= 0.6 is 0 Å². The fourth-order valence-corrected chi connectivity index (χ4v) is 2.35. The van der Waals surface area contributed by atoms with E-state index in [1.54, 1.807) is 18.2 Å². The molecule has 1 fully saturated rings. The Balaban J connectivity index is 1.75. The highest BCUT2D eigenvalue weighted by Crippen LogP contribution is 2.48. The van der Waals surface area contributed by atoms with Gasteiger partial charge in [-0.2, -0.15) is 4.39 Å². The smallest absolute Gasteiger partial charge is 0.214 e. The van der Waals surface area contributed by atoms with Gasteiger partial charge in [-0.05, 0) is 36.6 Å². The Morgan fingerprint density at radius 1 is 1.05 bits per heavy atom. The van der Waals surface area contributed by atoms with Crippen molar-refractivity contribution in [3.8, 4) is 0 Å². The van der Waals surface area contributed by atoms with Crippen LogP contribution in [0.4, 0.5) is 14.6 Å². The summed E-state index contributed by atoms with van der Waals surface area (Å²) in [6.45, 7) is 0.574. The van der Waals surface area contributed by atoms with Crippen LogP contribution in [0.5, 0.6) is 0 Å². The van der Waals surface area contributed by atoms with E-state index in [1.807, 2.05) is 12.1 Å². The summed E-state index contributed by atoms with van der Waals surface area (Å²) in [6.07, 6.45) is 1.88. The maximum absolute atomic E-state index is 13.8. The third-order valence-corrected chi connectivity index (χ3v) is 3.62. The van der Waals surface area contributed by atoms with Gasteiger partial charge in [-0.3, -0.25) is 0 Å². The Hall–Kier alpha value is -1.97. The third kappa shape index (κ3) is 2.43. The number of nitrogens with zero attached hydrogens (tertiary/aromatic N) is 1. The highest BCUT2D eigenvalue weighted by molar-refractivity contribution is 5.39. The van der Waals surface area contributed by atoms with Gasteiger partial charge in [-0.25, -0.2) is 9.37 Å². The van der Waals surface area contributed by atoms with Crippen molar-refractivity contribution in [2.24, 2.45) is 0 Å². The van der Waals surface area contributed by atoms with Gasteiger partial charge in [-0.15, -0.1) is 0 Å². The SMILES string of the molecule is Fc1cccc(NCC2(c3ccccc3F)CC2)n1. The van der Waals surface area contributed by atoms with Gasteiger partial charge in [0, 0.05) is 12.0 Å². The number of nitrogens with one attached hydrogen (secondary N) is 1. The maximum Gasteiger partial charge on any atom is 0.214 e. The summed E-state index contributed by atoms with van der Waals surface area (Å²) in [5.41, 5.74) is 0.568. The van der Waals surface area contributed by atoms with Gasteiger partial charge in [0.15, 0.2) is 0 Å². The molecule has 1 heterocycles. The average Bonchev–Trinajstić information content (AvgIpc) is 3.18. The van der Waals surface area contributed by atoms with Gasteiger partial charge in [0.2, 0.25) is 5.95 Å². The Kier molecular flexibility index (Phi) is 2.93. The molecule has 0 amide bonds. The number of benzene rings is 1. The molecule has 0 radical (unpaired) electrons. The fourth-order valence-electron chi connectivity index (χ4n) is 2.35. The zero-order valence-electron chi connectivity index (χ0n) is 10.4. The molecule has 0 bridgehead atoms. The molecule has 4 heteroatoms. The van der Waals surface area contributed by atoms with Crippen molar-refractivity contribution in [1.82, 2.24) is 4.98 Å². The molecular formula is C15H14F2N2. The first kappa shape index (κ1) is 12.1. The summed E-state index contributed by atoms with van der Waals surface area (Å²) >= 11 is 0. The van der Waals surface area contributed by atoms with Gasteiger partial charge < -0.3 is 5.32 Å². The molecule has 3 rings (SSSR count). The molecule has 2 aromatic rings. The first-order valence-corrected chi connectivity index (χ1v) is 6.31. The summed E-state index contributed by atoms with van der Waals surface area (Å²) in [7, 11) is 0. The molecule has 1 aliphatic carbocycles. The average molecular weight is 260 g/mol. The van der Waals surface area contributed by atoms with E-state index < -0.39 is 5.95 Å². The number of hydrogen-bond acceptors (Lipinski definition) is 2. The highest BCUT2D eigenvalue weighted by Gasteiger charge is 2.45. The normalized spacial score (nSPS) is 16.1. The summed E-state index contributed by atoms with van der Waals surface area (Å²) in [6, 6.07) is 11.5. The molecule has 1 aromatic carbocycles. The number of pyridine rings is 1. The Morgan fingerprint density at radius 2 is 1.84 bits per heavy atom. The topological polar surface area (TPSA) is 24.9 Å². The van der Waals surface area contributed by atoms with E-state index in [1.165, 1.54) is 12.1 Å². The lowest BCUT2D eigenvalue weighted by molar-refractivity contribution is 0.574. The van der Waals surface area contributed by atoms with E-state index in [0.29, 0.717) is 12.4 Å². The summed E-state index contributed by atoms with van der Waals surface area (Å²) in [4.78, 5) is 3.75. The number of rotatable bonds is 4. The van der Waals surface area contributed by atoms with E-state index in [4.69, 9.17) is 0 Å². The third-order valence-electron chi connectivity index (χ3n) is 3.62. The van der Waals surface area contributed by atoms with Crippen LogP contribution < -0.4 is 5.32 Å². The van der Waals surface area contributed by atoms with Crippen LogP contribution in [0.3, 0.4) is 0 Å². The lowest BCUT2D eigenvalue weighted by Gasteiger charge is -2.17. The van der Waals surface area contributed by atoms with Crippen molar-refractivity contribution >= 4 is 5.82 Å². The summed E-state index contributed by atoms with van der Waals surface area (Å²) in [5.74, 6) is -0.197. The van der Waals surface area contributed by atoms with Crippen molar-refractivity contribution in [3.05, 3.63) is 59.8 Å². The number of aromatic nitrogens is 1. The molecule has 0 unspecified atom stereocenters. The first-order chi connectivity index (χ1) is 9.20. The van der Waals surface area contributed by atoms with Crippen LogP contribution in [-0.4, -0.2) is 11.5 Å². The van der Waals surface area contributed by atoms with Crippen LogP contribution in [0.15, 0.2) is 42.5 Å². The molecule has 98 valence electrons. The second-order valence-corrected chi connectivity index (χ2v) is 4.96. The minimum atomic E-state index is -0.513. The molecule has 0 aliphatic heterocycles. The van der Waals surface area contributed by atoms with E-state index in [0.717, 1.165) is 18.4 Å². The van der Waals surface area contributed by atoms with Crippen molar-refractivity contribution in [2.45, 2.75) is 18.3 Å². The van der Waals surface area contributed by atoms with Crippen LogP contribution in [0, 0.1) is 11.8 Å². The zero-order valence-corrected chi connectivity index (χ0v) is 10.4. The van der Waals surface area contributed by atoms with Crippen LogP contribution in [-0.2, 0) is 5.41 Å². The second-order valence-electron chi connectivity index (χ2n) is 4.96. The van der Waals surface area contributed by atoms with E-state index >= 15 is 0 Å². The molecule has 0 spiro atoms. The standard InChI is InChI=1S/C15H14F2N2/c16-12-5-2-1-4-11(12)15(8-9-15)10-18-14-7-3-6-13(17)19-14/h1-7H,8-10H2,(H,18,19). The molecule has 1 saturated carbocycles. The molecule has 1 N–H and O–H groups in total. The number of halogens is 2. The summed E-state index contributed by atoms with van der Waals surface area (Å²) in [5, 5.41) is 3.10. The van der Waals surface area contributed by atoms with Crippen molar-refractivity contribution in [2.75, 3.05) is 11.9 Å². The molecule has 19 heavy (non-hydrogen) atoms. The number of anilines is 1. The van der Waals surface area contributed by atoms with Crippen LogP contribution in [0.2, 0.25) is 0 Å². The van der Waals surface area contributed by atoms with E-state index in [-0.39, 0.29) is 11.2 Å². The van der Waals surface area contributed by atoms with E-state index in [9.17, 15) is 8.78 Å². The lowest BCUT2D eigenvalue weighted by atomic mass is 9.95. The first-order valence-electron chi connectivity index (χ1n) is 6.31. The van der Waals surface area contributed by atoms with E-state index in [2.05, 4.69) is 10.3 Å². The minimum Gasteiger partial charge on any atom is -0.369 e. The monoisotopic (exact) mass is 260 g/mol. The fraction of sp³-hybridized carbons (Fsp3) is 0.267. The van der Waals surface area contributed by atoms with Crippen LogP contribution in [0.25, 0.3) is 0 Å². The van der Waals surface area contributed by atoms with Gasteiger partial charge >= 0.3 is 0 Å². The second kappa shape index (κ2) is 4.61. The van der Waals surface area contributed by atoms with Gasteiger partial charge in [0.25, 0.3) is 0 Å². The van der Waals surface area contributed by atoms with Gasteiger partial charge in [0.05, 0.1) is 0 Å². The molecule has 1 aromatic heterocycles. The molecular weight excluding hydrogens is 246 g/mol. The Labute approximate surface area is 110 Å². The molecule has 2 nitrogen and oxygen atoms in total. The Bertz CT molecular complexity index is 594. The molecule has 0 saturated heterocycles. The zero-order chi connectivity index (χ0) is 13.3. The number of hydrogen-bond donors (Lipinski definition) is 1. The van der Waals surface area contributed by atoms with Gasteiger partial charge in [0.1, 0.15) is 11.6 Å². The highest BCUT2D eigenvalue weighted by atomic mass is 19.1. The quantitative estimate of drug-likeness (QED) is 0.851. The summed E-state index contributed by atoms with van der Waals surface area (Å²) < 4.78 is 26.8. The van der Waals surface area contributed by atoms with Gasteiger partial charge in [-0.1, -0.05) is 24.3 Å². The lowest BCUT2D eigenvalue weighted by Crippen LogP contribution is -2.21. The predicted octanol–water partition coefficient (Wildman–Crippen LogP) is 3.50.